The van der Waals surface area contributed by atoms with Crippen LogP contribution in [0.15, 0.2) is 18.2 Å². The van der Waals surface area contributed by atoms with Crippen molar-refractivity contribution in [3.8, 4) is 11.5 Å². The Morgan fingerprint density at radius 1 is 1.35 bits per heavy atom. The average Bonchev–Trinajstić information content (AvgIpc) is 2.45. The van der Waals surface area contributed by atoms with Gasteiger partial charge in [-0.05, 0) is 25.0 Å². The molecule has 20 heavy (non-hydrogen) atoms. The van der Waals surface area contributed by atoms with E-state index in [0.717, 1.165) is 19.3 Å². The molecule has 3 N–H and O–H groups in total. The molecule has 0 aromatic heterocycles. The van der Waals surface area contributed by atoms with Crippen LogP contribution in [0.25, 0.3) is 0 Å². The second kappa shape index (κ2) is 6.13. The molecule has 0 spiro atoms. The number of rotatable bonds is 4. The van der Waals surface area contributed by atoms with Crippen LogP contribution >= 0.6 is 0 Å². The topological polar surface area (TPSA) is 78.8 Å². The lowest BCUT2D eigenvalue weighted by Gasteiger charge is -2.32. The summed E-state index contributed by atoms with van der Waals surface area (Å²) in [5.74, 6) is -0.0217. The smallest absolute Gasteiger partial charge is 0.255 e. The summed E-state index contributed by atoms with van der Waals surface area (Å²) >= 11 is 0. The minimum atomic E-state index is -0.810. The van der Waals surface area contributed by atoms with Crippen molar-refractivity contribution in [3.63, 3.8) is 0 Å². The van der Waals surface area contributed by atoms with E-state index in [-0.39, 0.29) is 23.8 Å². The van der Waals surface area contributed by atoms with Crippen LogP contribution in [0.3, 0.4) is 0 Å². The number of ether oxygens (including phenoxy) is 1. The lowest BCUT2D eigenvalue weighted by atomic mass is 9.85. The number of phenolic OH excluding ortho intramolecular Hbond substituents is 1. The van der Waals surface area contributed by atoms with E-state index in [0.29, 0.717) is 18.6 Å². The number of carbonyl (C=O) groups is 1. The Morgan fingerprint density at radius 2 is 2.05 bits per heavy atom. The highest BCUT2D eigenvalue weighted by atomic mass is 16.5. The minimum absolute atomic E-state index is 0.127. The van der Waals surface area contributed by atoms with Crippen molar-refractivity contribution in [1.82, 2.24) is 5.32 Å². The number of amides is 1. The van der Waals surface area contributed by atoms with Gasteiger partial charge < -0.3 is 20.3 Å². The van der Waals surface area contributed by atoms with Gasteiger partial charge in [-0.3, -0.25) is 4.79 Å². The third kappa shape index (κ3) is 3.42. The normalized spacial score (nSPS) is 17.5. The molecule has 2 rings (SSSR count). The molecule has 0 atom stereocenters. The SMILES string of the molecule is COc1ccc(C(=O)NCC2(O)CCCCC2)c(O)c1. The van der Waals surface area contributed by atoms with Crippen molar-refractivity contribution >= 4 is 5.91 Å². The Balaban J connectivity index is 1.98. The van der Waals surface area contributed by atoms with Gasteiger partial charge >= 0.3 is 0 Å². The number of aliphatic hydroxyl groups is 1. The molecule has 1 aliphatic rings. The van der Waals surface area contributed by atoms with Gasteiger partial charge in [0.1, 0.15) is 11.5 Å². The Bertz CT molecular complexity index is 481. The van der Waals surface area contributed by atoms with Crippen molar-refractivity contribution in [3.05, 3.63) is 23.8 Å². The standard InChI is InChI=1S/C15H21NO4/c1-20-11-5-6-12(13(17)9-11)14(18)16-10-15(19)7-3-2-4-8-15/h5-6,9,17,19H,2-4,7-8,10H2,1H3,(H,16,18). The van der Waals surface area contributed by atoms with E-state index >= 15 is 0 Å². The molecule has 1 aromatic carbocycles. The summed E-state index contributed by atoms with van der Waals surface area (Å²) in [5, 5.41) is 22.8. The predicted octanol–water partition coefficient (Wildman–Crippen LogP) is 1.83. The Morgan fingerprint density at radius 3 is 2.65 bits per heavy atom. The third-order valence-electron chi connectivity index (χ3n) is 3.81. The van der Waals surface area contributed by atoms with Gasteiger partial charge in [0, 0.05) is 12.6 Å². The number of hydrogen-bond donors (Lipinski definition) is 3. The Kier molecular flexibility index (Phi) is 4.49. The van der Waals surface area contributed by atoms with Crippen LogP contribution in [-0.2, 0) is 0 Å². The van der Waals surface area contributed by atoms with E-state index in [1.54, 1.807) is 6.07 Å². The second-order valence-electron chi connectivity index (χ2n) is 5.35. The first-order chi connectivity index (χ1) is 9.54. The zero-order chi connectivity index (χ0) is 14.6. The molecule has 0 bridgehead atoms. The number of aromatic hydroxyl groups is 1. The lowest BCUT2D eigenvalue weighted by molar-refractivity contribution is 0.00522. The number of nitrogens with one attached hydrogen (secondary N) is 1. The van der Waals surface area contributed by atoms with Crippen LogP contribution in [0.4, 0.5) is 0 Å². The van der Waals surface area contributed by atoms with Gasteiger partial charge in [-0.2, -0.15) is 0 Å². The van der Waals surface area contributed by atoms with Crippen molar-refractivity contribution in [1.29, 1.82) is 0 Å². The highest BCUT2D eigenvalue weighted by Gasteiger charge is 2.29. The quantitative estimate of drug-likeness (QED) is 0.785. The van der Waals surface area contributed by atoms with Crippen LogP contribution in [0.5, 0.6) is 11.5 Å². The summed E-state index contributed by atoms with van der Waals surface area (Å²) in [4.78, 5) is 12.0. The fourth-order valence-electron chi connectivity index (χ4n) is 2.56. The Labute approximate surface area is 118 Å². The zero-order valence-corrected chi connectivity index (χ0v) is 11.7. The number of benzene rings is 1. The van der Waals surface area contributed by atoms with E-state index in [2.05, 4.69) is 5.32 Å². The molecule has 110 valence electrons. The summed E-state index contributed by atoms with van der Waals surface area (Å²) in [7, 11) is 1.49. The molecule has 1 aromatic rings. The van der Waals surface area contributed by atoms with Gasteiger partial charge in [0.05, 0.1) is 18.3 Å². The van der Waals surface area contributed by atoms with Crippen molar-refractivity contribution < 1.29 is 19.7 Å². The van der Waals surface area contributed by atoms with Crippen molar-refractivity contribution in [2.24, 2.45) is 0 Å². The number of methoxy groups -OCH3 is 1. The summed E-state index contributed by atoms with van der Waals surface area (Å²) in [6.45, 7) is 0.220. The molecule has 0 unspecified atom stereocenters. The fourth-order valence-corrected chi connectivity index (χ4v) is 2.56. The minimum Gasteiger partial charge on any atom is -0.507 e. The van der Waals surface area contributed by atoms with E-state index in [1.165, 1.54) is 19.2 Å². The first kappa shape index (κ1) is 14.7. The van der Waals surface area contributed by atoms with Crippen LogP contribution < -0.4 is 10.1 Å². The van der Waals surface area contributed by atoms with E-state index < -0.39 is 5.60 Å². The summed E-state index contributed by atoms with van der Waals surface area (Å²) in [6.07, 6.45) is 4.53. The largest absolute Gasteiger partial charge is 0.507 e. The molecular formula is C15H21NO4. The highest BCUT2D eigenvalue weighted by molar-refractivity contribution is 5.97. The first-order valence-electron chi connectivity index (χ1n) is 6.92. The maximum atomic E-state index is 12.0. The van der Waals surface area contributed by atoms with Crippen LogP contribution in [0, 0.1) is 0 Å². The van der Waals surface area contributed by atoms with Gasteiger partial charge in [0.2, 0.25) is 0 Å². The van der Waals surface area contributed by atoms with Crippen LogP contribution in [0.2, 0.25) is 0 Å². The van der Waals surface area contributed by atoms with Crippen molar-refractivity contribution in [2.45, 2.75) is 37.7 Å². The summed E-state index contributed by atoms with van der Waals surface area (Å²) in [5.41, 5.74) is -0.624. The monoisotopic (exact) mass is 279 g/mol. The maximum Gasteiger partial charge on any atom is 0.255 e. The van der Waals surface area contributed by atoms with E-state index in [4.69, 9.17) is 4.74 Å². The number of hydrogen-bond acceptors (Lipinski definition) is 4. The molecule has 1 aliphatic carbocycles. The molecule has 1 amide bonds. The number of phenols is 1. The molecule has 1 saturated carbocycles. The molecule has 0 heterocycles. The van der Waals surface area contributed by atoms with E-state index in [1.807, 2.05) is 0 Å². The summed E-state index contributed by atoms with van der Waals surface area (Å²) < 4.78 is 4.97. The summed E-state index contributed by atoms with van der Waals surface area (Å²) in [6, 6.07) is 4.52. The molecule has 0 radical (unpaired) electrons. The van der Waals surface area contributed by atoms with E-state index in [9.17, 15) is 15.0 Å². The lowest BCUT2D eigenvalue weighted by Crippen LogP contribution is -2.44. The van der Waals surface area contributed by atoms with Gasteiger partial charge in [0.25, 0.3) is 5.91 Å². The fraction of sp³-hybridized carbons (Fsp3) is 0.533. The highest BCUT2D eigenvalue weighted by Crippen LogP contribution is 2.28. The van der Waals surface area contributed by atoms with Crippen LogP contribution in [0.1, 0.15) is 42.5 Å². The van der Waals surface area contributed by atoms with Gasteiger partial charge in [-0.25, -0.2) is 0 Å². The second-order valence-corrected chi connectivity index (χ2v) is 5.35. The van der Waals surface area contributed by atoms with Crippen LogP contribution in [-0.4, -0.2) is 35.4 Å². The zero-order valence-electron chi connectivity index (χ0n) is 11.7. The number of carbonyl (C=O) groups excluding carboxylic acids is 1. The molecular weight excluding hydrogens is 258 g/mol. The Hall–Kier alpha value is -1.75. The molecule has 0 saturated heterocycles. The molecule has 5 heteroatoms. The predicted molar refractivity (Wildman–Crippen MR) is 75.0 cm³/mol. The average molecular weight is 279 g/mol. The van der Waals surface area contributed by atoms with Crippen molar-refractivity contribution in [2.75, 3.05) is 13.7 Å². The molecule has 0 aliphatic heterocycles. The maximum absolute atomic E-state index is 12.0. The first-order valence-corrected chi connectivity index (χ1v) is 6.92. The third-order valence-corrected chi connectivity index (χ3v) is 3.81. The van der Waals surface area contributed by atoms with Gasteiger partial charge in [-0.1, -0.05) is 19.3 Å². The van der Waals surface area contributed by atoms with Gasteiger partial charge in [-0.15, -0.1) is 0 Å². The van der Waals surface area contributed by atoms with Gasteiger partial charge in [0.15, 0.2) is 0 Å². The molecule has 1 fully saturated rings. The molecule has 5 nitrogen and oxygen atoms in total.